The highest BCUT2D eigenvalue weighted by Gasteiger charge is 2.11. The third kappa shape index (κ3) is 5.93. The van der Waals surface area contributed by atoms with Gasteiger partial charge in [-0.15, -0.1) is 4.74 Å². The molecule has 0 saturated heterocycles. The van der Waals surface area contributed by atoms with Gasteiger partial charge in [0.15, 0.2) is 6.61 Å². The summed E-state index contributed by atoms with van der Waals surface area (Å²) >= 11 is 0. The fourth-order valence-corrected chi connectivity index (χ4v) is 3.94. The van der Waals surface area contributed by atoms with Gasteiger partial charge in [0.1, 0.15) is 18.1 Å². The zero-order valence-electron chi connectivity index (χ0n) is 20.3. The van der Waals surface area contributed by atoms with E-state index in [1.165, 1.54) is 0 Å². The van der Waals surface area contributed by atoms with Crippen LogP contribution in [0.25, 0.3) is 11.1 Å². The van der Waals surface area contributed by atoms with Crippen LogP contribution >= 0.6 is 0 Å². The average molecular weight is 490 g/mol. The summed E-state index contributed by atoms with van der Waals surface area (Å²) < 4.78 is 17.3. The summed E-state index contributed by atoms with van der Waals surface area (Å²) in [7, 11) is 1.58. The van der Waals surface area contributed by atoms with Crippen LogP contribution in [0.1, 0.15) is 22.3 Å². The van der Waals surface area contributed by atoms with Crippen LogP contribution in [0.3, 0.4) is 0 Å². The van der Waals surface area contributed by atoms with E-state index in [9.17, 15) is 14.4 Å². The third-order valence-electron chi connectivity index (χ3n) is 5.65. The molecule has 4 rings (SSSR count). The van der Waals surface area contributed by atoms with E-state index >= 15 is 0 Å². The van der Waals surface area contributed by atoms with Gasteiger partial charge in [0, 0.05) is 7.05 Å². The number of aryl methyl sites for hydroxylation is 2. The minimum Gasteiger partial charge on any atom is -0.489 e. The van der Waals surface area contributed by atoms with Crippen LogP contribution in [0, 0.1) is 13.8 Å². The Morgan fingerprint density at radius 3 is 2.31 bits per heavy atom. The highest BCUT2D eigenvalue weighted by molar-refractivity contribution is 5.77. The molecule has 0 spiro atoms. The molecule has 0 saturated carbocycles. The second kappa shape index (κ2) is 10.8. The van der Waals surface area contributed by atoms with Crippen molar-refractivity contribution in [3.8, 4) is 22.6 Å². The van der Waals surface area contributed by atoms with Crippen molar-refractivity contribution in [3.63, 3.8) is 0 Å². The number of amides is 1. The number of hydrogen-bond acceptors (Lipinski definition) is 6. The minimum absolute atomic E-state index is 0.0242. The van der Waals surface area contributed by atoms with Crippen molar-refractivity contribution in [2.75, 3.05) is 13.7 Å². The molecule has 1 aromatic heterocycles. The Morgan fingerprint density at radius 1 is 0.944 bits per heavy atom. The number of ether oxygens (including phenoxy) is 2. The average Bonchev–Trinajstić information content (AvgIpc) is 3.18. The lowest BCUT2D eigenvalue weighted by Crippen LogP contribution is -2.24. The van der Waals surface area contributed by atoms with Crippen molar-refractivity contribution >= 4 is 5.91 Å². The lowest BCUT2D eigenvalue weighted by atomic mass is 9.94. The molecule has 0 aliphatic carbocycles. The standard InChI is InChI=1S/C27H27N3O6/c1-17-11-23(35-16-24(31)28-3)12-18(2)25(17)21-6-4-5-20(13-21)15-34-22-9-7-19(8-10-22)14-30-26(32)29-27(33)36-30/h4-13H,14-16H2,1-3H3,(H,28,31)(H,29,32,33). The van der Waals surface area contributed by atoms with Gasteiger partial charge in [-0.2, -0.15) is 0 Å². The first-order chi connectivity index (χ1) is 17.3. The van der Waals surface area contributed by atoms with Gasteiger partial charge in [-0.25, -0.2) is 14.6 Å². The molecule has 9 nitrogen and oxygen atoms in total. The van der Waals surface area contributed by atoms with Crippen molar-refractivity contribution in [2.45, 2.75) is 27.0 Å². The van der Waals surface area contributed by atoms with Crippen LogP contribution in [0.5, 0.6) is 11.5 Å². The van der Waals surface area contributed by atoms with E-state index in [0.29, 0.717) is 18.1 Å². The van der Waals surface area contributed by atoms with E-state index < -0.39 is 11.4 Å². The lowest BCUT2D eigenvalue weighted by Gasteiger charge is -2.15. The van der Waals surface area contributed by atoms with Gasteiger partial charge < -0.3 is 19.3 Å². The van der Waals surface area contributed by atoms with Crippen LogP contribution in [0.2, 0.25) is 0 Å². The van der Waals surface area contributed by atoms with Gasteiger partial charge in [-0.3, -0.25) is 4.79 Å². The fraction of sp³-hybridized carbons (Fsp3) is 0.222. The quantitative estimate of drug-likeness (QED) is 0.373. The maximum Gasteiger partial charge on any atom is 0.440 e. The van der Waals surface area contributed by atoms with Crippen molar-refractivity contribution in [1.29, 1.82) is 0 Å². The van der Waals surface area contributed by atoms with Crippen molar-refractivity contribution in [3.05, 3.63) is 104 Å². The second-order valence-corrected chi connectivity index (χ2v) is 8.37. The highest BCUT2D eigenvalue weighted by Crippen LogP contribution is 2.31. The Kier molecular flexibility index (Phi) is 7.39. The Balaban J connectivity index is 1.42. The number of H-pyrrole nitrogens is 1. The monoisotopic (exact) mass is 489 g/mol. The molecule has 0 aliphatic heterocycles. The summed E-state index contributed by atoms with van der Waals surface area (Å²) in [5.74, 6) is 0.375. The molecule has 0 fully saturated rings. The first kappa shape index (κ1) is 24.6. The molecule has 36 heavy (non-hydrogen) atoms. The minimum atomic E-state index is -0.780. The van der Waals surface area contributed by atoms with E-state index in [-0.39, 0.29) is 19.1 Å². The largest absolute Gasteiger partial charge is 0.489 e. The second-order valence-electron chi connectivity index (χ2n) is 8.37. The zero-order chi connectivity index (χ0) is 25.7. The van der Waals surface area contributed by atoms with E-state index in [1.54, 1.807) is 19.2 Å². The Labute approximate surface area is 207 Å². The molecular weight excluding hydrogens is 462 g/mol. The van der Waals surface area contributed by atoms with Crippen molar-refractivity contribution in [1.82, 2.24) is 15.0 Å². The van der Waals surface area contributed by atoms with Gasteiger partial charge >= 0.3 is 11.4 Å². The van der Waals surface area contributed by atoms with Gasteiger partial charge in [-0.1, -0.05) is 30.3 Å². The van der Waals surface area contributed by atoms with Crippen LogP contribution in [0.15, 0.2) is 74.8 Å². The number of hydrogen-bond donors (Lipinski definition) is 2. The number of rotatable bonds is 9. The predicted octanol–water partition coefficient (Wildman–Crippen LogP) is 3.17. The molecule has 3 aromatic carbocycles. The first-order valence-corrected chi connectivity index (χ1v) is 11.4. The van der Waals surface area contributed by atoms with Crippen LogP contribution in [0.4, 0.5) is 0 Å². The molecule has 2 N–H and O–H groups in total. The van der Waals surface area contributed by atoms with Gasteiger partial charge in [0.05, 0.1) is 6.54 Å². The molecule has 0 radical (unpaired) electrons. The SMILES string of the molecule is CNC(=O)COc1cc(C)c(-c2cccc(COc3ccc(Cn4oc(=O)[nH]c4=O)cc3)c2)c(C)c1. The zero-order valence-corrected chi connectivity index (χ0v) is 20.3. The van der Waals surface area contributed by atoms with E-state index in [4.69, 9.17) is 14.0 Å². The predicted molar refractivity (Wildman–Crippen MR) is 134 cm³/mol. The van der Waals surface area contributed by atoms with E-state index in [2.05, 4.69) is 22.4 Å². The summed E-state index contributed by atoms with van der Waals surface area (Å²) in [6.07, 6.45) is 0. The Hall–Kier alpha value is -4.53. The summed E-state index contributed by atoms with van der Waals surface area (Å²) in [5.41, 5.74) is 5.49. The smallest absolute Gasteiger partial charge is 0.440 e. The topological polar surface area (TPSA) is 116 Å². The third-order valence-corrected chi connectivity index (χ3v) is 5.65. The molecule has 186 valence electrons. The van der Waals surface area contributed by atoms with Crippen LogP contribution in [-0.4, -0.2) is 29.3 Å². The summed E-state index contributed by atoms with van der Waals surface area (Å²) in [6.45, 7) is 4.54. The number of aromatic nitrogens is 2. The molecule has 1 heterocycles. The number of carbonyl (C=O) groups excluding carboxylic acids is 1. The van der Waals surface area contributed by atoms with Crippen LogP contribution < -0.4 is 26.2 Å². The number of nitrogens with one attached hydrogen (secondary N) is 2. The van der Waals surface area contributed by atoms with Crippen molar-refractivity contribution in [2.24, 2.45) is 0 Å². The molecule has 4 aromatic rings. The fourth-order valence-electron chi connectivity index (χ4n) is 3.94. The number of benzene rings is 3. The van der Waals surface area contributed by atoms with Gasteiger partial charge in [0.2, 0.25) is 0 Å². The number of aromatic amines is 1. The summed E-state index contributed by atoms with van der Waals surface area (Å²) in [5, 5.41) is 2.54. The molecule has 0 bridgehead atoms. The van der Waals surface area contributed by atoms with Gasteiger partial charge in [0.25, 0.3) is 5.91 Å². The molecule has 0 atom stereocenters. The number of carbonyl (C=O) groups is 1. The summed E-state index contributed by atoms with van der Waals surface area (Å²) in [6, 6.07) is 19.2. The number of likely N-dealkylation sites (N-methyl/N-ethyl adjacent to an activating group) is 1. The molecule has 1 amide bonds. The highest BCUT2D eigenvalue weighted by atomic mass is 16.5. The van der Waals surface area contributed by atoms with Crippen LogP contribution in [-0.2, 0) is 17.9 Å². The van der Waals surface area contributed by atoms with E-state index in [1.807, 2.05) is 50.2 Å². The molecular formula is C27H27N3O6. The number of nitrogens with zero attached hydrogens (tertiary/aromatic N) is 1. The molecule has 0 aliphatic rings. The van der Waals surface area contributed by atoms with Crippen molar-refractivity contribution < 1.29 is 18.8 Å². The lowest BCUT2D eigenvalue weighted by molar-refractivity contribution is -0.122. The van der Waals surface area contributed by atoms with Gasteiger partial charge in [-0.05, 0) is 77.6 Å². The first-order valence-electron chi connectivity index (χ1n) is 11.4. The summed E-state index contributed by atoms with van der Waals surface area (Å²) in [4.78, 5) is 36.2. The normalized spacial score (nSPS) is 10.8. The molecule has 9 heteroatoms. The maximum atomic E-state index is 11.6. The Bertz CT molecular complexity index is 1460. The van der Waals surface area contributed by atoms with E-state index in [0.717, 1.165) is 38.1 Å². The Morgan fingerprint density at radius 2 is 1.67 bits per heavy atom. The maximum absolute atomic E-state index is 11.6. The molecule has 0 unspecified atom stereocenters.